The summed E-state index contributed by atoms with van der Waals surface area (Å²) in [5.74, 6) is 0.876. The largest absolute Gasteiger partial charge is 0.377 e. The fourth-order valence-corrected chi connectivity index (χ4v) is 3.33. The minimum Gasteiger partial charge on any atom is -0.377 e. The molecule has 0 aliphatic carbocycles. The molecule has 2 aromatic carbocycles. The summed E-state index contributed by atoms with van der Waals surface area (Å²) in [5.41, 5.74) is 2.75. The number of hydrogen-bond acceptors (Lipinski definition) is 2. The highest BCUT2D eigenvalue weighted by atomic mass is 16.5. The van der Waals surface area contributed by atoms with Gasteiger partial charge in [-0.2, -0.15) is 0 Å². The quantitative estimate of drug-likeness (QED) is 0.466. The van der Waals surface area contributed by atoms with E-state index >= 15 is 0 Å². The second-order valence-corrected chi connectivity index (χ2v) is 6.63. The molecule has 0 saturated carbocycles. The lowest BCUT2D eigenvalue weighted by Gasteiger charge is -2.20. The molecule has 0 bridgehead atoms. The van der Waals surface area contributed by atoms with E-state index in [0.29, 0.717) is 0 Å². The highest BCUT2D eigenvalue weighted by molar-refractivity contribution is 5.87. The van der Waals surface area contributed by atoms with Crippen LogP contribution in [-0.4, -0.2) is 32.3 Å². The molecule has 1 heterocycles. The molecule has 2 N–H and O–H groups in total. The second kappa shape index (κ2) is 9.39. The summed E-state index contributed by atoms with van der Waals surface area (Å²) in [4.78, 5) is 4.77. The summed E-state index contributed by atoms with van der Waals surface area (Å²) in [6, 6.07) is 15.2. The number of fused-ring (bicyclic) bond motifs is 1. The zero-order valence-corrected chi connectivity index (χ0v) is 15.8. The number of guanidine groups is 1. The number of nitrogens with zero attached hydrogens (tertiary/aromatic N) is 1. The van der Waals surface area contributed by atoms with Crippen LogP contribution in [0, 0.1) is 0 Å². The van der Waals surface area contributed by atoms with E-state index in [1.54, 1.807) is 0 Å². The van der Waals surface area contributed by atoms with Gasteiger partial charge in [0.25, 0.3) is 0 Å². The third-order valence-corrected chi connectivity index (χ3v) is 4.75. The van der Waals surface area contributed by atoms with Gasteiger partial charge in [-0.15, -0.1) is 0 Å². The lowest BCUT2D eigenvalue weighted by molar-refractivity contribution is 0.153. The summed E-state index contributed by atoms with van der Waals surface area (Å²) in [7, 11) is 0. The van der Waals surface area contributed by atoms with Crippen molar-refractivity contribution in [3.8, 4) is 0 Å². The van der Waals surface area contributed by atoms with Gasteiger partial charge in [0, 0.05) is 13.1 Å². The van der Waals surface area contributed by atoms with Crippen LogP contribution >= 0.6 is 0 Å². The molecule has 0 saturated heterocycles. The van der Waals surface area contributed by atoms with Gasteiger partial charge >= 0.3 is 0 Å². The fraction of sp³-hybridized carbons (Fsp3) is 0.409. The Hall–Kier alpha value is -2.33. The third-order valence-electron chi connectivity index (χ3n) is 4.75. The van der Waals surface area contributed by atoms with Gasteiger partial charge < -0.3 is 15.4 Å². The molecule has 4 nitrogen and oxygen atoms in total. The van der Waals surface area contributed by atoms with Crippen LogP contribution in [0.25, 0.3) is 10.8 Å². The van der Waals surface area contributed by atoms with Crippen molar-refractivity contribution >= 4 is 16.7 Å². The Kier molecular flexibility index (Phi) is 6.67. The summed E-state index contributed by atoms with van der Waals surface area (Å²) >= 11 is 0. The number of benzene rings is 2. The number of hydrogen-bond donors (Lipinski definition) is 2. The maximum atomic E-state index is 5.37. The number of nitrogens with one attached hydrogen (secondary N) is 2. The normalized spacial score (nSPS) is 16.2. The minimum atomic E-state index is 0.182. The summed E-state index contributed by atoms with van der Waals surface area (Å²) < 4.78 is 5.37. The summed E-state index contributed by atoms with van der Waals surface area (Å²) in [6.45, 7) is 7.52. The van der Waals surface area contributed by atoms with Gasteiger partial charge in [-0.05, 0) is 43.0 Å². The Morgan fingerprint density at radius 1 is 1.19 bits per heavy atom. The smallest absolute Gasteiger partial charge is 0.191 e. The van der Waals surface area contributed by atoms with Gasteiger partial charge in [0.15, 0.2) is 5.96 Å². The van der Waals surface area contributed by atoms with Gasteiger partial charge in [-0.3, -0.25) is 4.99 Å². The molecule has 0 amide bonds. The van der Waals surface area contributed by atoms with E-state index in [0.717, 1.165) is 45.1 Å². The van der Waals surface area contributed by atoms with Crippen LogP contribution in [-0.2, 0) is 4.74 Å². The van der Waals surface area contributed by atoms with Crippen molar-refractivity contribution in [2.45, 2.75) is 32.7 Å². The highest BCUT2D eigenvalue weighted by Crippen LogP contribution is 2.24. The maximum Gasteiger partial charge on any atom is 0.191 e. The van der Waals surface area contributed by atoms with Gasteiger partial charge in [0.1, 0.15) is 0 Å². The maximum absolute atomic E-state index is 5.37. The molecule has 1 unspecified atom stereocenters. The summed E-state index contributed by atoms with van der Waals surface area (Å²) in [5, 5.41) is 9.48. The van der Waals surface area contributed by atoms with Crippen LogP contribution in [0.5, 0.6) is 0 Å². The molecule has 1 aliphatic rings. The second-order valence-electron chi connectivity index (χ2n) is 6.63. The van der Waals surface area contributed by atoms with Crippen molar-refractivity contribution in [1.29, 1.82) is 0 Å². The topological polar surface area (TPSA) is 45.7 Å². The first-order valence-corrected chi connectivity index (χ1v) is 9.56. The number of ether oxygens (including phenoxy) is 1. The molecular formula is C22H29N3O. The van der Waals surface area contributed by atoms with Crippen LogP contribution in [0.3, 0.4) is 0 Å². The number of rotatable bonds is 6. The van der Waals surface area contributed by atoms with Crippen LogP contribution < -0.4 is 10.6 Å². The van der Waals surface area contributed by atoms with E-state index < -0.39 is 0 Å². The monoisotopic (exact) mass is 351 g/mol. The van der Waals surface area contributed by atoms with Gasteiger partial charge in [0.2, 0.25) is 0 Å². The lowest BCUT2D eigenvalue weighted by Crippen LogP contribution is -2.38. The lowest BCUT2D eigenvalue weighted by atomic mass is 10.00. The zero-order valence-electron chi connectivity index (χ0n) is 15.8. The predicted octanol–water partition coefficient (Wildman–Crippen LogP) is 4.19. The molecule has 138 valence electrons. The van der Waals surface area contributed by atoms with E-state index in [9.17, 15) is 0 Å². The molecule has 2 aromatic rings. The zero-order chi connectivity index (χ0) is 18.2. The first-order valence-electron chi connectivity index (χ1n) is 9.56. The van der Waals surface area contributed by atoms with E-state index in [2.05, 4.69) is 73.0 Å². The van der Waals surface area contributed by atoms with Crippen molar-refractivity contribution in [3.05, 3.63) is 59.7 Å². The van der Waals surface area contributed by atoms with E-state index in [4.69, 9.17) is 9.73 Å². The van der Waals surface area contributed by atoms with Gasteiger partial charge in [-0.1, -0.05) is 54.1 Å². The Morgan fingerprint density at radius 2 is 2.04 bits per heavy atom. The third kappa shape index (κ3) is 4.85. The average Bonchev–Trinajstić information content (AvgIpc) is 2.68. The first kappa shape index (κ1) is 18.5. The molecule has 0 radical (unpaired) electrons. The Morgan fingerprint density at radius 3 is 2.85 bits per heavy atom. The standard InChI is InChI=1S/C22H29N3O/c1-3-23-22(24-14-11-18-12-15-26-16-13-18)25-17(2)20-10-6-8-19-7-4-5-9-21(19)20/h4-10,12,17H,3,11,13-16H2,1-2H3,(H2,23,24,25). The number of aliphatic imine (C=N–C) groups is 1. The molecule has 1 aliphatic heterocycles. The molecule has 1 atom stereocenters. The average molecular weight is 351 g/mol. The predicted molar refractivity (Wildman–Crippen MR) is 110 cm³/mol. The Bertz CT molecular complexity index is 777. The summed E-state index contributed by atoms with van der Waals surface area (Å²) in [6.07, 6.45) is 4.23. The van der Waals surface area contributed by atoms with Crippen LogP contribution in [0.1, 0.15) is 38.3 Å². The molecular weight excluding hydrogens is 322 g/mol. The molecule has 0 aromatic heterocycles. The molecule has 26 heavy (non-hydrogen) atoms. The van der Waals surface area contributed by atoms with Crippen molar-refractivity contribution in [3.63, 3.8) is 0 Å². The van der Waals surface area contributed by atoms with Crippen LogP contribution in [0.4, 0.5) is 0 Å². The van der Waals surface area contributed by atoms with Crippen molar-refractivity contribution in [1.82, 2.24) is 10.6 Å². The minimum absolute atomic E-state index is 0.182. The van der Waals surface area contributed by atoms with Crippen molar-refractivity contribution in [2.75, 3.05) is 26.3 Å². The van der Waals surface area contributed by atoms with Crippen LogP contribution in [0.15, 0.2) is 59.1 Å². The SMILES string of the molecule is CCNC(=NCCC1=CCOCC1)NC(C)c1cccc2ccccc12. The molecule has 0 fully saturated rings. The Balaban J connectivity index is 1.68. The molecule has 4 heteroatoms. The highest BCUT2D eigenvalue weighted by Gasteiger charge is 2.11. The van der Waals surface area contributed by atoms with Crippen LogP contribution in [0.2, 0.25) is 0 Å². The molecule has 0 spiro atoms. The van der Waals surface area contributed by atoms with Gasteiger partial charge in [0.05, 0.1) is 19.3 Å². The van der Waals surface area contributed by atoms with Gasteiger partial charge in [-0.25, -0.2) is 0 Å². The van der Waals surface area contributed by atoms with Crippen molar-refractivity contribution < 1.29 is 4.74 Å². The van der Waals surface area contributed by atoms with E-state index in [1.165, 1.54) is 21.9 Å². The fourth-order valence-electron chi connectivity index (χ4n) is 3.33. The molecule has 3 rings (SSSR count). The van der Waals surface area contributed by atoms with E-state index in [-0.39, 0.29) is 6.04 Å². The first-order chi connectivity index (χ1) is 12.8. The van der Waals surface area contributed by atoms with Crippen molar-refractivity contribution in [2.24, 2.45) is 4.99 Å². The Labute approximate surface area is 156 Å². The van der Waals surface area contributed by atoms with E-state index in [1.807, 2.05) is 0 Å².